The predicted molar refractivity (Wildman–Crippen MR) is 65.8 cm³/mol. The lowest BCUT2D eigenvalue weighted by atomic mass is 10.0. The van der Waals surface area contributed by atoms with Crippen molar-refractivity contribution in [2.45, 2.75) is 38.4 Å². The largest absolute Gasteiger partial charge is 0.573 e. The van der Waals surface area contributed by atoms with Crippen LogP contribution in [0.1, 0.15) is 18.5 Å². The van der Waals surface area contributed by atoms with E-state index in [0.29, 0.717) is 6.92 Å². The van der Waals surface area contributed by atoms with Gasteiger partial charge in [-0.15, -0.1) is 52.7 Å². The molecule has 0 aliphatic carbocycles. The maximum Gasteiger partial charge on any atom is 0.573 e. The molecule has 2 N–H and O–H groups in total. The predicted octanol–water partition coefficient (Wildman–Crippen LogP) is 5.30. The second-order valence-electron chi connectivity index (χ2n) is 4.92. The van der Waals surface area contributed by atoms with E-state index >= 15 is 0 Å². The number of hydrogen-bond donors (Lipinski definition) is 1. The molecule has 0 spiro atoms. The molecule has 0 aliphatic rings. The van der Waals surface area contributed by atoms with Crippen LogP contribution in [-0.2, 0) is 0 Å². The number of nitrogens with two attached hydrogens (primary N) is 1. The molecular weight excluding hydrogens is 450 g/mol. The van der Waals surface area contributed by atoms with Gasteiger partial charge in [0.25, 0.3) is 0 Å². The molecule has 168 valence electrons. The lowest BCUT2D eigenvalue weighted by Crippen LogP contribution is -2.26. The molecule has 0 bridgehead atoms. The SMILES string of the molecule is CC(N)c1c(OC(F)(F)F)c(OC(F)(F)F)cc(OC(F)(F)F)c1OC(F)(F)F. The molecular formula is C12H7F12NO4. The van der Waals surface area contributed by atoms with Crippen LogP contribution < -0.4 is 24.7 Å². The summed E-state index contributed by atoms with van der Waals surface area (Å²) in [6.07, 6.45) is -23.2. The van der Waals surface area contributed by atoms with Crippen molar-refractivity contribution in [2.24, 2.45) is 5.73 Å². The van der Waals surface area contributed by atoms with Gasteiger partial charge in [0.15, 0.2) is 23.0 Å². The Morgan fingerprint density at radius 1 is 0.621 bits per heavy atom. The van der Waals surface area contributed by atoms with E-state index in [4.69, 9.17) is 5.73 Å². The fourth-order valence-electron chi connectivity index (χ4n) is 1.88. The minimum absolute atomic E-state index is 0.574. The van der Waals surface area contributed by atoms with Crippen LogP contribution in [0.25, 0.3) is 0 Å². The zero-order valence-corrected chi connectivity index (χ0v) is 13.4. The molecule has 0 radical (unpaired) electrons. The minimum atomic E-state index is -5.81. The lowest BCUT2D eigenvalue weighted by molar-refractivity contribution is -0.291. The van der Waals surface area contributed by atoms with Gasteiger partial charge in [-0.1, -0.05) is 0 Å². The van der Waals surface area contributed by atoms with Gasteiger partial charge >= 0.3 is 25.4 Å². The summed E-state index contributed by atoms with van der Waals surface area (Å²) in [5.41, 5.74) is 3.46. The van der Waals surface area contributed by atoms with Crippen LogP contribution in [0.5, 0.6) is 23.0 Å². The minimum Gasteiger partial charge on any atom is -0.402 e. The highest BCUT2D eigenvalue weighted by atomic mass is 19.4. The Morgan fingerprint density at radius 2 is 0.897 bits per heavy atom. The van der Waals surface area contributed by atoms with E-state index in [2.05, 4.69) is 18.9 Å². The normalized spacial score (nSPS) is 14.4. The standard InChI is InChI=1S/C12H7F12NO4/c1-3(25)6-7(28-11(19,20)21)4(26-9(13,14)15)2-5(27-10(16,17)18)8(6)29-12(22,23)24/h2-3H,25H2,1H3. The van der Waals surface area contributed by atoms with Crippen molar-refractivity contribution in [3.63, 3.8) is 0 Å². The molecule has 1 aromatic carbocycles. The Balaban J connectivity index is 3.93. The van der Waals surface area contributed by atoms with Gasteiger partial charge in [-0.3, -0.25) is 0 Å². The van der Waals surface area contributed by atoms with E-state index in [0.717, 1.165) is 0 Å². The highest BCUT2D eigenvalue weighted by molar-refractivity contribution is 5.62. The zero-order valence-electron chi connectivity index (χ0n) is 13.4. The highest BCUT2D eigenvalue weighted by Gasteiger charge is 2.44. The molecule has 17 heteroatoms. The Morgan fingerprint density at radius 3 is 1.10 bits per heavy atom. The first kappa shape index (κ1) is 24.6. The molecule has 0 amide bonds. The molecule has 0 heterocycles. The smallest absolute Gasteiger partial charge is 0.402 e. The Kier molecular flexibility index (Phi) is 6.57. The highest BCUT2D eigenvalue weighted by Crippen LogP contribution is 2.51. The number of hydrogen-bond acceptors (Lipinski definition) is 5. The number of rotatable bonds is 5. The molecule has 0 saturated carbocycles. The number of halogens is 12. The Labute approximate surface area is 151 Å². The van der Waals surface area contributed by atoms with Gasteiger partial charge in [0.1, 0.15) is 0 Å². The van der Waals surface area contributed by atoms with Crippen molar-refractivity contribution in [3.05, 3.63) is 11.6 Å². The Bertz CT molecular complexity index is 666. The van der Waals surface area contributed by atoms with Crippen LogP contribution >= 0.6 is 0 Å². The zero-order chi connectivity index (χ0) is 23.0. The number of alkyl halides is 12. The monoisotopic (exact) mass is 457 g/mol. The van der Waals surface area contributed by atoms with Crippen molar-refractivity contribution >= 4 is 0 Å². The van der Waals surface area contributed by atoms with Crippen LogP contribution in [0, 0.1) is 0 Å². The molecule has 5 nitrogen and oxygen atoms in total. The van der Waals surface area contributed by atoms with Gasteiger partial charge in [-0.05, 0) is 6.92 Å². The topological polar surface area (TPSA) is 62.9 Å². The Hall–Kier alpha value is -2.46. The van der Waals surface area contributed by atoms with Gasteiger partial charge in [-0.25, -0.2) is 0 Å². The molecule has 0 aliphatic heterocycles. The van der Waals surface area contributed by atoms with Crippen molar-refractivity contribution in [3.8, 4) is 23.0 Å². The third-order valence-electron chi connectivity index (χ3n) is 2.54. The summed E-state index contributed by atoms with van der Waals surface area (Å²) >= 11 is 0. The summed E-state index contributed by atoms with van der Waals surface area (Å²) in [4.78, 5) is 0. The van der Waals surface area contributed by atoms with Gasteiger partial charge in [0.2, 0.25) is 0 Å². The van der Waals surface area contributed by atoms with Crippen LogP contribution in [0.3, 0.4) is 0 Å². The molecule has 1 aromatic rings. The quantitative estimate of drug-likeness (QED) is 0.609. The average Bonchev–Trinajstić information content (AvgIpc) is 2.36. The fourth-order valence-corrected chi connectivity index (χ4v) is 1.88. The van der Waals surface area contributed by atoms with Gasteiger partial charge in [0.05, 0.1) is 5.56 Å². The molecule has 29 heavy (non-hydrogen) atoms. The summed E-state index contributed by atoms with van der Waals surface area (Å²) in [6, 6.07) is -2.66. The number of benzene rings is 1. The van der Waals surface area contributed by atoms with E-state index in [-0.39, 0.29) is 0 Å². The molecule has 1 atom stereocenters. The van der Waals surface area contributed by atoms with Gasteiger partial charge in [0, 0.05) is 12.1 Å². The molecule has 1 unspecified atom stereocenters. The van der Waals surface area contributed by atoms with Crippen molar-refractivity contribution in [1.29, 1.82) is 0 Å². The molecule has 1 rings (SSSR count). The fraction of sp³-hybridized carbons (Fsp3) is 0.500. The van der Waals surface area contributed by atoms with E-state index in [1.54, 1.807) is 0 Å². The third kappa shape index (κ3) is 8.20. The van der Waals surface area contributed by atoms with Crippen LogP contribution in [-0.4, -0.2) is 25.4 Å². The summed E-state index contributed by atoms with van der Waals surface area (Å²) in [5.74, 6) is -8.45. The molecule has 0 saturated heterocycles. The third-order valence-corrected chi connectivity index (χ3v) is 2.54. The van der Waals surface area contributed by atoms with Crippen LogP contribution in [0.2, 0.25) is 0 Å². The van der Waals surface area contributed by atoms with E-state index in [9.17, 15) is 52.7 Å². The summed E-state index contributed by atoms with van der Waals surface area (Å²) < 4.78 is 163. The van der Waals surface area contributed by atoms with E-state index in [1.807, 2.05) is 0 Å². The second-order valence-corrected chi connectivity index (χ2v) is 4.92. The van der Waals surface area contributed by atoms with Gasteiger partial charge in [-0.2, -0.15) is 0 Å². The summed E-state index contributed by atoms with van der Waals surface area (Å²) in [6.45, 7) is 0.622. The molecule has 0 aromatic heterocycles. The van der Waals surface area contributed by atoms with Crippen molar-refractivity contribution < 1.29 is 71.6 Å². The van der Waals surface area contributed by atoms with Crippen molar-refractivity contribution in [1.82, 2.24) is 0 Å². The van der Waals surface area contributed by atoms with Gasteiger partial charge < -0.3 is 24.7 Å². The summed E-state index contributed by atoms with van der Waals surface area (Å²) in [5, 5.41) is 0. The van der Waals surface area contributed by atoms with Crippen LogP contribution in [0.15, 0.2) is 6.07 Å². The number of ether oxygens (including phenoxy) is 4. The summed E-state index contributed by atoms with van der Waals surface area (Å²) in [7, 11) is 0. The first-order valence-corrected chi connectivity index (χ1v) is 6.68. The average molecular weight is 457 g/mol. The molecule has 0 fully saturated rings. The van der Waals surface area contributed by atoms with E-state index in [1.165, 1.54) is 0 Å². The lowest BCUT2D eigenvalue weighted by Gasteiger charge is -2.25. The first-order valence-electron chi connectivity index (χ1n) is 6.68. The second kappa shape index (κ2) is 7.75. The van der Waals surface area contributed by atoms with E-state index < -0.39 is 66.1 Å². The van der Waals surface area contributed by atoms with Crippen LogP contribution in [0.4, 0.5) is 52.7 Å². The van der Waals surface area contributed by atoms with Crippen molar-refractivity contribution in [2.75, 3.05) is 0 Å². The maximum atomic E-state index is 12.6. The first-order chi connectivity index (χ1) is 12.7. The maximum absolute atomic E-state index is 12.6.